The summed E-state index contributed by atoms with van der Waals surface area (Å²) in [6.07, 6.45) is 2.04. The van der Waals surface area contributed by atoms with Gasteiger partial charge in [0.2, 0.25) is 0 Å². The highest BCUT2D eigenvalue weighted by Crippen LogP contribution is 2.31. The number of hydrogen-bond acceptors (Lipinski definition) is 1. The first-order chi connectivity index (χ1) is 8.97. The van der Waals surface area contributed by atoms with Gasteiger partial charge >= 0.3 is 6.18 Å². The zero-order valence-corrected chi connectivity index (χ0v) is 10.3. The van der Waals surface area contributed by atoms with Gasteiger partial charge in [0, 0.05) is 6.04 Å². The van der Waals surface area contributed by atoms with Crippen LogP contribution in [-0.2, 0) is 6.18 Å². The van der Waals surface area contributed by atoms with Crippen LogP contribution in [0.15, 0.2) is 24.3 Å². The topological polar surface area (TPSA) is 12.0 Å². The number of benzene rings is 1. The standard InChI is InChI=1S/C14H15F4N/c15-13-9-10(4-7-12(13)14(16,17)18)3-1-2-8-19-11-5-6-11/h1,3-4,7,9,11,19H,2,5-6,8H2/b3-1+. The van der Waals surface area contributed by atoms with Crippen LogP contribution < -0.4 is 5.32 Å². The van der Waals surface area contributed by atoms with E-state index in [2.05, 4.69) is 5.32 Å². The lowest BCUT2D eigenvalue weighted by Crippen LogP contribution is -2.16. The van der Waals surface area contributed by atoms with Gasteiger partial charge in [0.25, 0.3) is 0 Å². The highest BCUT2D eigenvalue weighted by atomic mass is 19.4. The molecule has 19 heavy (non-hydrogen) atoms. The predicted molar refractivity (Wildman–Crippen MR) is 66.1 cm³/mol. The van der Waals surface area contributed by atoms with Crippen LogP contribution in [0.1, 0.15) is 30.4 Å². The molecule has 5 heteroatoms. The molecule has 1 fully saturated rings. The number of rotatable bonds is 5. The third kappa shape index (κ3) is 4.35. The Morgan fingerprint density at radius 2 is 2.00 bits per heavy atom. The fourth-order valence-corrected chi connectivity index (χ4v) is 1.74. The number of hydrogen-bond donors (Lipinski definition) is 1. The highest BCUT2D eigenvalue weighted by molar-refractivity contribution is 5.50. The van der Waals surface area contributed by atoms with Gasteiger partial charge < -0.3 is 5.32 Å². The largest absolute Gasteiger partial charge is 0.419 e. The fourth-order valence-electron chi connectivity index (χ4n) is 1.74. The number of alkyl halides is 3. The van der Waals surface area contributed by atoms with E-state index in [9.17, 15) is 17.6 Å². The van der Waals surface area contributed by atoms with E-state index in [1.807, 2.05) is 6.08 Å². The van der Waals surface area contributed by atoms with Crippen molar-refractivity contribution in [3.63, 3.8) is 0 Å². The van der Waals surface area contributed by atoms with Crippen LogP contribution >= 0.6 is 0 Å². The van der Waals surface area contributed by atoms with Crippen LogP contribution in [0.25, 0.3) is 6.08 Å². The zero-order valence-electron chi connectivity index (χ0n) is 10.3. The molecule has 0 heterocycles. The molecule has 0 bridgehead atoms. The van der Waals surface area contributed by atoms with Crippen LogP contribution in [-0.4, -0.2) is 12.6 Å². The molecule has 0 radical (unpaired) electrons. The van der Waals surface area contributed by atoms with Crippen molar-refractivity contribution in [2.45, 2.75) is 31.5 Å². The molecule has 1 aromatic carbocycles. The van der Waals surface area contributed by atoms with E-state index in [4.69, 9.17) is 0 Å². The molecule has 1 nitrogen and oxygen atoms in total. The average Bonchev–Trinajstić information content (AvgIpc) is 3.11. The Morgan fingerprint density at radius 1 is 1.26 bits per heavy atom. The first kappa shape index (κ1) is 14.1. The van der Waals surface area contributed by atoms with Crippen molar-refractivity contribution >= 4 is 6.08 Å². The maximum atomic E-state index is 13.3. The van der Waals surface area contributed by atoms with E-state index in [1.54, 1.807) is 6.08 Å². The molecule has 0 amide bonds. The second-order valence-electron chi connectivity index (χ2n) is 4.66. The summed E-state index contributed by atoms with van der Waals surface area (Å²) in [7, 11) is 0. The predicted octanol–water partition coefficient (Wildman–Crippen LogP) is 4.00. The van der Waals surface area contributed by atoms with Crippen molar-refractivity contribution in [3.8, 4) is 0 Å². The molecule has 0 saturated heterocycles. The monoisotopic (exact) mass is 273 g/mol. The summed E-state index contributed by atoms with van der Waals surface area (Å²) < 4.78 is 50.3. The van der Waals surface area contributed by atoms with Crippen LogP contribution in [0.2, 0.25) is 0 Å². The Labute approximate surface area is 109 Å². The van der Waals surface area contributed by atoms with E-state index in [-0.39, 0.29) is 0 Å². The maximum Gasteiger partial charge on any atom is 0.419 e. The van der Waals surface area contributed by atoms with E-state index in [0.717, 1.165) is 25.1 Å². The minimum absolute atomic E-state index is 0.442. The molecule has 1 aromatic rings. The Hall–Kier alpha value is -1.36. The first-order valence-corrected chi connectivity index (χ1v) is 6.23. The number of halogens is 4. The minimum atomic E-state index is -4.64. The van der Waals surface area contributed by atoms with Gasteiger partial charge in [-0.25, -0.2) is 4.39 Å². The van der Waals surface area contributed by atoms with E-state index < -0.39 is 17.6 Å². The Morgan fingerprint density at radius 3 is 2.58 bits per heavy atom. The van der Waals surface area contributed by atoms with Gasteiger partial charge in [0.15, 0.2) is 0 Å². The Kier molecular flexibility index (Phi) is 4.24. The highest BCUT2D eigenvalue weighted by Gasteiger charge is 2.33. The molecular weight excluding hydrogens is 258 g/mol. The molecule has 104 valence electrons. The molecule has 1 saturated carbocycles. The summed E-state index contributed by atoms with van der Waals surface area (Å²) in [5.74, 6) is -1.23. The van der Waals surface area contributed by atoms with Gasteiger partial charge in [0.05, 0.1) is 5.56 Å². The van der Waals surface area contributed by atoms with Gasteiger partial charge in [-0.3, -0.25) is 0 Å². The SMILES string of the molecule is Fc1cc(/C=C/CCNC2CC2)ccc1C(F)(F)F. The zero-order chi connectivity index (χ0) is 13.9. The van der Waals surface area contributed by atoms with Crippen molar-refractivity contribution in [2.75, 3.05) is 6.54 Å². The van der Waals surface area contributed by atoms with Crippen LogP contribution in [0.3, 0.4) is 0 Å². The Bertz CT molecular complexity index is 461. The summed E-state index contributed by atoms with van der Waals surface area (Å²) in [4.78, 5) is 0. The second-order valence-corrected chi connectivity index (χ2v) is 4.66. The van der Waals surface area contributed by atoms with Crippen molar-refractivity contribution in [1.29, 1.82) is 0 Å². The third-order valence-electron chi connectivity index (χ3n) is 2.93. The quantitative estimate of drug-likeness (QED) is 0.631. The summed E-state index contributed by atoms with van der Waals surface area (Å²) in [6.45, 7) is 0.838. The van der Waals surface area contributed by atoms with Crippen molar-refractivity contribution in [3.05, 3.63) is 41.2 Å². The summed E-state index contributed by atoms with van der Waals surface area (Å²) in [5.41, 5.74) is -0.781. The molecule has 1 aliphatic rings. The third-order valence-corrected chi connectivity index (χ3v) is 2.93. The summed E-state index contributed by atoms with van der Waals surface area (Å²) in [5, 5.41) is 3.31. The van der Waals surface area contributed by atoms with Gasteiger partial charge in [-0.1, -0.05) is 18.2 Å². The van der Waals surface area contributed by atoms with Crippen molar-refractivity contribution < 1.29 is 17.6 Å². The molecule has 1 aliphatic carbocycles. The molecular formula is C14H15F4N. The minimum Gasteiger partial charge on any atom is -0.314 e. The average molecular weight is 273 g/mol. The fraction of sp³-hybridized carbons (Fsp3) is 0.429. The molecule has 0 unspecified atom stereocenters. The van der Waals surface area contributed by atoms with E-state index in [1.165, 1.54) is 18.9 Å². The lowest BCUT2D eigenvalue weighted by molar-refractivity contribution is -0.140. The van der Waals surface area contributed by atoms with Crippen LogP contribution in [0.4, 0.5) is 17.6 Å². The molecule has 0 aliphatic heterocycles. The molecule has 0 atom stereocenters. The van der Waals surface area contributed by atoms with Crippen LogP contribution in [0, 0.1) is 5.82 Å². The van der Waals surface area contributed by atoms with Gasteiger partial charge in [-0.15, -0.1) is 0 Å². The first-order valence-electron chi connectivity index (χ1n) is 6.23. The van der Waals surface area contributed by atoms with Crippen LogP contribution in [0.5, 0.6) is 0 Å². The van der Waals surface area contributed by atoms with Crippen molar-refractivity contribution in [2.24, 2.45) is 0 Å². The molecule has 0 spiro atoms. The van der Waals surface area contributed by atoms with E-state index >= 15 is 0 Å². The summed E-state index contributed by atoms with van der Waals surface area (Å²) >= 11 is 0. The van der Waals surface area contributed by atoms with E-state index in [0.29, 0.717) is 11.6 Å². The molecule has 2 rings (SSSR count). The molecule has 0 aromatic heterocycles. The van der Waals surface area contributed by atoms with Crippen molar-refractivity contribution in [1.82, 2.24) is 5.32 Å². The lowest BCUT2D eigenvalue weighted by atomic mass is 10.1. The molecule has 1 N–H and O–H groups in total. The second kappa shape index (κ2) is 5.74. The van der Waals surface area contributed by atoms with Gasteiger partial charge in [0.1, 0.15) is 5.82 Å². The normalized spacial score (nSPS) is 16.2. The van der Waals surface area contributed by atoms with Gasteiger partial charge in [-0.05, 0) is 43.5 Å². The van der Waals surface area contributed by atoms with Gasteiger partial charge in [-0.2, -0.15) is 13.2 Å². The smallest absolute Gasteiger partial charge is 0.314 e. The lowest BCUT2D eigenvalue weighted by Gasteiger charge is -2.07. The number of nitrogens with one attached hydrogen (secondary N) is 1. The summed E-state index contributed by atoms with van der Waals surface area (Å²) in [6, 6.07) is 3.60. The Balaban J connectivity index is 1.89. The maximum absolute atomic E-state index is 13.3.